The van der Waals surface area contributed by atoms with Crippen LogP contribution in [0.25, 0.3) is 11.0 Å². The lowest BCUT2D eigenvalue weighted by molar-refractivity contribution is 0.204. The van der Waals surface area contributed by atoms with Crippen molar-refractivity contribution in [2.45, 2.75) is 46.3 Å². The van der Waals surface area contributed by atoms with Gasteiger partial charge in [-0.05, 0) is 37.5 Å². The van der Waals surface area contributed by atoms with Gasteiger partial charge in [-0.25, -0.2) is 4.79 Å². The topological polar surface area (TPSA) is 51.3 Å². The van der Waals surface area contributed by atoms with Crippen molar-refractivity contribution in [3.05, 3.63) is 63.8 Å². The summed E-state index contributed by atoms with van der Waals surface area (Å²) in [6, 6.07) is 8.10. The molecule has 0 fully saturated rings. The summed E-state index contributed by atoms with van der Waals surface area (Å²) in [5, 5.41) is 5.25. The fourth-order valence-corrected chi connectivity index (χ4v) is 3.05. The van der Waals surface area contributed by atoms with Crippen molar-refractivity contribution in [3.8, 4) is 0 Å². The summed E-state index contributed by atoms with van der Waals surface area (Å²) in [5.41, 5.74) is 3.72. The molecule has 0 saturated carbocycles. The van der Waals surface area contributed by atoms with E-state index in [4.69, 9.17) is 4.42 Å². The van der Waals surface area contributed by atoms with E-state index >= 15 is 0 Å². The zero-order valence-electron chi connectivity index (χ0n) is 15.3. The van der Waals surface area contributed by atoms with Gasteiger partial charge < -0.3 is 4.42 Å². The van der Waals surface area contributed by atoms with Crippen molar-refractivity contribution in [1.29, 1.82) is 0 Å². The lowest BCUT2D eigenvalue weighted by Gasteiger charge is -2.26. The SMILES string of the molecule is CCc1ccc2c(CN(Cc3cnn(C)c3)C(C)C)cc(=O)oc2c1. The summed E-state index contributed by atoms with van der Waals surface area (Å²) in [4.78, 5) is 14.4. The normalized spacial score (nSPS) is 11.8. The number of hydrogen-bond acceptors (Lipinski definition) is 4. The number of nitrogens with zero attached hydrogens (tertiary/aromatic N) is 3. The summed E-state index contributed by atoms with van der Waals surface area (Å²) in [7, 11) is 1.92. The fourth-order valence-electron chi connectivity index (χ4n) is 3.05. The maximum absolute atomic E-state index is 12.0. The van der Waals surface area contributed by atoms with E-state index in [1.54, 1.807) is 6.07 Å². The van der Waals surface area contributed by atoms with Gasteiger partial charge in [-0.3, -0.25) is 9.58 Å². The molecule has 2 heterocycles. The van der Waals surface area contributed by atoms with Crippen LogP contribution in [0.15, 0.2) is 45.9 Å². The lowest BCUT2D eigenvalue weighted by Crippen LogP contribution is -2.30. The monoisotopic (exact) mass is 339 g/mol. The van der Waals surface area contributed by atoms with E-state index in [1.165, 1.54) is 5.56 Å². The van der Waals surface area contributed by atoms with Crippen LogP contribution in [0.3, 0.4) is 0 Å². The van der Waals surface area contributed by atoms with Crippen molar-refractivity contribution in [1.82, 2.24) is 14.7 Å². The first-order valence-corrected chi connectivity index (χ1v) is 8.73. The molecule has 5 heteroatoms. The fraction of sp³-hybridized carbons (Fsp3) is 0.400. The molecule has 0 aliphatic rings. The van der Waals surface area contributed by atoms with Gasteiger partial charge >= 0.3 is 5.63 Å². The molecule has 5 nitrogen and oxygen atoms in total. The van der Waals surface area contributed by atoms with Crippen LogP contribution in [-0.2, 0) is 26.6 Å². The van der Waals surface area contributed by atoms with Crippen LogP contribution in [0.5, 0.6) is 0 Å². The molecule has 0 aliphatic heterocycles. The Bertz CT molecular complexity index is 924. The lowest BCUT2D eigenvalue weighted by atomic mass is 10.1. The first-order chi connectivity index (χ1) is 12.0. The largest absolute Gasteiger partial charge is 0.423 e. The van der Waals surface area contributed by atoms with Crippen molar-refractivity contribution in [2.24, 2.45) is 7.05 Å². The summed E-state index contributed by atoms with van der Waals surface area (Å²) in [6.45, 7) is 7.91. The second-order valence-corrected chi connectivity index (χ2v) is 6.80. The highest BCUT2D eigenvalue weighted by atomic mass is 16.4. The number of rotatable bonds is 6. The third kappa shape index (κ3) is 3.99. The highest BCUT2D eigenvalue weighted by Gasteiger charge is 2.15. The summed E-state index contributed by atoms with van der Waals surface area (Å²) in [5.74, 6) is 0. The van der Waals surface area contributed by atoms with Crippen LogP contribution in [-0.4, -0.2) is 20.7 Å². The Labute approximate surface area is 147 Å². The molecule has 25 heavy (non-hydrogen) atoms. The number of fused-ring (bicyclic) bond motifs is 1. The molecule has 3 aromatic rings. The highest BCUT2D eigenvalue weighted by Crippen LogP contribution is 2.22. The summed E-state index contributed by atoms with van der Waals surface area (Å²) in [6.07, 6.45) is 4.84. The van der Waals surface area contributed by atoms with Gasteiger partial charge in [0.1, 0.15) is 5.58 Å². The number of aryl methyl sites for hydroxylation is 2. The molecule has 0 aliphatic carbocycles. The van der Waals surface area contributed by atoms with Gasteiger partial charge in [0, 0.05) is 49.4 Å². The van der Waals surface area contributed by atoms with E-state index in [-0.39, 0.29) is 5.63 Å². The summed E-state index contributed by atoms with van der Waals surface area (Å²) < 4.78 is 7.23. The second kappa shape index (κ2) is 7.23. The average molecular weight is 339 g/mol. The minimum absolute atomic E-state index is 0.291. The van der Waals surface area contributed by atoms with Crippen LogP contribution >= 0.6 is 0 Å². The van der Waals surface area contributed by atoms with Crippen molar-refractivity contribution in [2.75, 3.05) is 0 Å². The van der Waals surface area contributed by atoms with E-state index in [1.807, 2.05) is 30.2 Å². The van der Waals surface area contributed by atoms with Crippen LogP contribution < -0.4 is 5.63 Å². The Hall–Kier alpha value is -2.40. The number of benzene rings is 1. The summed E-state index contributed by atoms with van der Waals surface area (Å²) >= 11 is 0. The molecule has 0 amide bonds. The first-order valence-electron chi connectivity index (χ1n) is 8.73. The third-order valence-corrected chi connectivity index (χ3v) is 4.55. The minimum Gasteiger partial charge on any atom is -0.423 e. The molecule has 0 unspecified atom stereocenters. The van der Waals surface area contributed by atoms with Gasteiger partial charge in [-0.1, -0.05) is 19.1 Å². The van der Waals surface area contributed by atoms with Gasteiger partial charge in [0.2, 0.25) is 0 Å². The molecule has 2 aromatic heterocycles. The van der Waals surface area contributed by atoms with Crippen LogP contribution in [0.2, 0.25) is 0 Å². The highest BCUT2D eigenvalue weighted by molar-refractivity contribution is 5.80. The molecule has 0 spiro atoms. The second-order valence-electron chi connectivity index (χ2n) is 6.80. The van der Waals surface area contributed by atoms with E-state index in [0.29, 0.717) is 18.2 Å². The van der Waals surface area contributed by atoms with Gasteiger partial charge in [-0.15, -0.1) is 0 Å². The standard InChI is InChI=1S/C20H25N3O2/c1-5-15-6-7-18-17(9-20(24)25-19(18)8-15)13-23(14(2)3)12-16-10-21-22(4)11-16/h6-11,14H,5,12-13H2,1-4H3. The maximum atomic E-state index is 12.0. The Kier molecular flexibility index (Phi) is 5.04. The van der Waals surface area contributed by atoms with Crippen molar-refractivity contribution in [3.63, 3.8) is 0 Å². The molecule has 132 valence electrons. The van der Waals surface area contributed by atoms with Crippen LogP contribution in [0.1, 0.15) is 37.5 Å². The zero-order chi connectivity index (χ0) is 18.0. The third-order valence-electron chi connectivity index (χ3n) is 4.55. The average Bonchev–Trinajstić information content (AvgIpc) is 2.98. The Morgan fingerprint density at radius 2 is 2.00 bits per heavy atom. The molecule has 1 aromatic carbocycles. The van der Waals surface area contributed by atoms with E-state index in [9.17, 15) is 4.79 Å². The van der Waals surface area contributed by atoms with Gasteiger partial charge in [0.15, 0.2) is 0 Å². The smallest absolute Gasteiger partial charge is 0.336 e. The van der Waals surface area contributed by atoms with Gasteiger partial charge in [0.25, 0.3) is 0 Å². The minimum atomic E-state index is -0.291. The Morgan fingerprint density at radius 1 is 1.20 bits per heavy atom. The Morgan fingerprint density at radius 3 is 2.64 bits per heavy atom. The van der Waals surface area contributed by atoms with E-state index in [2.05, 4.69) is 42.9 Å². The molecular weight excluding hydrogens is 314 g/mol. The van der Waals surface area contributed by atoms with Crippen LogP contribution in [0, 0.1) is 0 Å². The Balaban J connectivity index is 1.95. The number of hydrogen-bond donors (Lipinski definition) is 0. The quantitative estimate of drug-likeness (QED) is 0.645. The first kappa shape index (κ1) is 17.4. The molecule has 0 radical (unpaired) electrons. The van der Waals surface area contributed by atoms with E-state index < -0.39 is 0 Å². The molecule has 0 bridgehead atoms. The molecule has 0 atom stereocenters. The van der Waals surface area contributed by atoms with Crippen molar-refractivity contribution < 1.29 is 4.42 Å². The van der Waals surface area contributed by atoms with Gasteiger partial charge in [-0.2, -0.15) is 5.10 Å². The van der Waals surface area contributed by atoms with Crippen LogP contribution in [0.4, 0.5) is 0 Å². The molecule has 0 N–H and O–H groups in total. The zero-order valence-corrected chi connectivity index (χ0v) is 15.3. The molecular formula is C20H25N3O2. The molecule has 0 saturated heterocycles. The molecule has 3 rings (SSSR count). The van der Waals surface area contributed by atoms with Crippen molar-refractivity contribution >= 4 is 11.0 Å². The number of aromatic nitrogens is 2. The maximum Gasteiger partial charge on any atom is 0.336 e. The van der Waals surface area contributed by atoms with E-state index in [0.717, 1.165) is 29.5 Å². The predicted octanol–water partition coefficient (Wildman–Crippen LogP) is 3.50. The van der Waals surface area contributed by atoms with Gasteiger partial charge in [0.05, 0.1) is 6.20 Å². The predicted molar refractivity (Wildman–Crippen MR) is 99.5 cm³/mol.